The summed E-state index contributed by atoms with van der Waals surface area (Å²) in [5.41, 5.74) is 0.761. The van der Waals surface area contributed by atoms with Crippen molar-refractivity contribution in [1.82, 2.24) is 19.5 Å². The van der Waals surface area contributed by atoms with E-state index in [2.05, 4.69) is 15.0 Å². The summed E-state index contributed by atoms with van der Waals surface area (Å²) in [6.45, 7) is 6.98. The molecule has 0 spiro atoms. The third-order valence-corrected chi connectivity index (χ3v) is 9.92. The summed E-state index contributed by atoms with van der Waals surface area (Å²) < 4.78 is 50.6. The van der Waals surface area contributed by atoms with Gasteiger partial charge in [0.05, 0.1) is 39.3 Å². The Labute approximate surface area is 169 Å². The standard InChI is InChI=1S/C15H25ClN4O6P2/c1-5-23-27(21,24-6-2)12(28(22,25-7-3)26-8-4)9-20-11-19-15-13(20)14(16)17-10-18-15/h10-12H,5-9H2,1-4H3. The highest BCUT2D eigenvalue weighted by Crippen LogP contribution is 2.70. The predicted octanol–water partition coefficient (Wildman–Crippen LogP) is 4.34. The van der Waals surface area contributed by atoms with Gasteiger partial charge in [0.1, 0.15) is 11.8 Å². The Morgan fingerprint density at radius 1 is 0.929 bits per heavy atom. The number of aromatic nitrogens is 4. The summed E-state index contributed by atoms with van der Waals surface area (Å²) in [5, 5.41) is -1.07. The minimum absolute atomic E-state index is 0.0978. The van der Waals surface area contributed by atoms with Crippen LogP contribution in [-0.2, 0) is 33.8 Å². The second-order valence-electron chi connectivity index (χ2n) is 5.47. The lowest BCUT2D eigenvalue weighted by molar-refractivity contribution is 0.192. The van der Waals surface area contributed by atoms with Gasteiger partial charge in [0.25, 0.3) is 0 Å². The van der Waals surface area contributed by atoms with E-state index in [0.717, 1.165) is 0 Å². The molecule has 2 aromatic heterocycles. The fraction of sp³-hybridized carbons (Fsp3) is 0.667. The molecule has 10 nitrogen and oxygen atoms in total. The number of rotatable bonds is 12. The lowest BCUT2D eigenvalue weighted by atomic mass is 10.5. The number of hydrogen-bond acceptors (Lipinski definition) is 9. The van der Waals surface area contributed by atoms with Crippen LogP contribution in [-0.4, -0.2) is 51.3 Å². The molecular weight excluding hydrogens is 430 g/mol. The van der Waals surface area contributed by atoms with E-state index in [0.29, 0.717) is 11.2 Å². The molecule has 0 aliphatic rings. The maximum absolute atomic E-state index is 13.6. The van der Waals surface area contributed by atoms with Gasteiger partial charge in [-0.1, -0.05) is 11.6 Å². The zero-order valence-electron chi connectivity index (χ0n) is 16.3. The van der Waals surface area contributed by atoms with Crippen LogP contribution in [0, 0.1) is 0 Å². The fourth-order valence-electron chi connectivity index (χ4n) is 2.70. The zero-order valence-corrected chi connectivity index (χ0v) is 18.8. The largest absolute Gasteiger partial charge is 0.347 e. The van der Waals surface area contributed by atoms with Crippen molar-refractivity contribution < 1.29 is 27.2 Å². The van der Waals surface area contributed by atoms with E-state index in [4.69, 9.17) is 29.7 Å². The second-order valence-corrected chi connectivity index (χ2v) is 10.7. The normalized spacial score (nSPS) is 12.9. The Kier molecular flexibility index (Phi) is 8.58. The van der Waals surface area contributed by atoms with Crippen molar-refractivity contribution >= 4 is 38.0 Å². The molecule has 0 amide bonds. The van der Waals surface area contributed by atoms with Crippen molar-refractivity contribution in [3.8, 4) is 0 Å². The minimum atomic E-state index is -3.89. The van der Waals surface area contributed by atoms with Crippen LogP contribution >= 0.6 is 26.8 Å². The zero-order chi connectivity index (χ0) is 20.8. The second kappa shape index (κ2) is 10.3. The highest BCUT2D eigenvalue weighted by atomic mass is 35.5. The van der Waals surface area contributed by atoms with E-state index >= 15 is 0 Å². The molecule has 0 saturated heterocycles. The van der Waals surface area contributed by atoms with Gasteiger partial charge in [-0.25, -0.2) is 15.0 Å². The molecule has 0 aliphatic heterocycles. The molecule has 0 unspecified atom stereocenters. The first-order valence-electron chi connectivity index (χ1n) is 8.94. The van der Waals surface area contributed by atoms with Crippen LogP contribution in [0.15, 0.2) is 12.7 Å². The lowest BCUT2D eigenvalue weighted by Crippen LogP contribution is -2.23. The third kappa shape index (κ3) is 5.00. The number of nitrogens with zero attached hydrogens (tertiary/aromatic N) is 4. The Morgan fingerprint density at radius 2 is 1.43 bits per heavy atom. The van der Waals surface area contributed by atoms with Crippen LogP contribution in [0.25, 0.3) is 11.2 Å². The van der Waals surface area contributed by atoms with Crippen molar-refractivity contribution in [2.24, 2.45) is 0 Å². The van der Waals surface area contributed by atoms with Gasteiger partial charge in [0.15, 0.2) is 16.2 Å². The van der Waals surface area contributed by atoms with E-state index in [-0.39, 0.29) is 38.1 Å². The predicted molar refractivity (Wildman–Crippen MR) is 106 cm³/mol. The van der Waals surface area contributed by atoms with Crippen molar-refractivity contribution in [2.75, 3.05) is 26.4 Å². The maximum Gasteiger partial charge on any atom is 0.347 e. The van der Waals surface area contributed by atoms with Crippen LogP contribution in [0.2, 0.25) is 5.15 Å². The molecule has 13 heteroatoms. The first-order chi connectivity index (χ1) is 13.3. The molecular formula is C15H25ClN4O6P2. The number of hydrogen-bond donors (Lipinski definition) is 0. The minimum Gasteiger partial charge on any atom is -0.325 e. The van der Waals surface area contributed by atoms with Crippen molar-refractivity contribution in [1.29, 1.82) is 0 Å². The van der Waals surface area contributed by atoms with Gasteiger partial charge in [-0.05, 0) is 27.7 Å². The lowest BCUT2D eigenvalue weighted by Gasteiger charge is -2.31. The van der Waals surface area contributed by atoms with E-state index in [9.17, 15) is 9.13 Å². The fourth-order valence-corrected chi connectivity index (χ4v) is 8.15. The van der Waals surface area contributed by atoms with Crippen LogP contribution in [0.4, 0.5) is 0 Å². The molecule has 0 bridgehead atoms. The number of imidazole rings is 1. The average Bonchev–Trinajstić information content (AvgIpc) is 3.05. The maximum atomic E-state index is 13.6. The summed E-state index contributed by atoms with van der Waals surface area (Å²) in [6, 6.07) is 0. The van der Waals surface area contributed by atoms with E-state index < -0.39 is 20.6 Å². The van der Waals surface area contributed by atoms with Gasteiger partial charge in [0, 0.05) is 0 Å². The molecule has 0 N–H and O–H groups in total. The Hall–Kier alpha value is -0.860. The summed E-state index contributed by atoms with van der Waals surface area (Å²) >= 11 is 6.19. The highest BCUT2D eigenvalue weighted by Gasteiger charge is 2.51. The smallest absolute Gasteiger partial charge is 0.325 e. The van der Waals surface area contributed by atoms with E-state index in [1.165, 1.54) is 12.7 Å². The number of halogens is 1. The Morgan fingerprint density at radius 3 is 1.89 bits per heavy atom. The molecule has 0 aromatic carbocycles. The summed E-state index contributed by atoms with van der Waals surface area (Å²) in [6.07, 6.45) is 2.73. The quantitative estimate of drug-likeness (QED) is 0.341. The van der Waals surface area contributed by atoms with Gasteiger partial charge in [-0.2, -0.15) is 0 Å². The molecule has 158 valence electrons. The van der Waals surface area contributed by atoms with Crippen molar-refractivity contribution in [2.45, 2.75) is 39.6 Å². The topological polar surface area (TPSA) is 115 Å². The van der Waals surface area contributed by atoms with E-state index in [1.54, 1.807) is 32.3 Å². The van der Waals surface area contributed by atoms with Crippen molar-refractivity contribution in [3.63, 3.8) is 0 Å². The highest BCUT2D eigenvalue weighted by molar-refractivity contribution is 7.72. The summed E-state index contributed by atoms with van der Waals surface area (Å²) in [5.74, 6) is 0. The van der Waals surface area contributed by atoms with Gasteiger partial charge < -0.3 is 22.7 Å². The van der Waals surface area contributed by atoms with Crippen LogP contribution in [0.5, 0.6) is 0 Å². The van der Waals surface area contributed by atoms with Crippen molar-refractivity contribution in [3.05, 3.63) is 17.8 Å². The van der Waals surface area contributed by atoms with Crippen LogP contribution in [0.1, 0.15) is 27.7 Å². The molecule has 0 saturated carbocycles. The Balaban J connectivity index is 2.59. The molecule has 2 aromatic rings. The SMILES string of the molecule is CCOP(=O)(OCC)C(Cn1cnc2ncnc(Cl)c21)P(=O)(OCC)OCC. The first-order valence-corrected chi connectivity index (χ1v) is 12.5. The third-order valence-electron chi connectivity index (χ3n) is 3.69. The molecule has 0 aliphatic carbocycles. The summed E-state index contributed by atoms with van der Waals surface area (Å²) in [7, 11) is -7.78. The monoisotopic (exact) mass is 454 g/mol. The van der Waals surface area contributed by atoms with Crippen LogP contribution in [0.3, 0.4) is 0 Å². The molecule has 2 rings (SSSR count). The molecule has 0 radical (unpaired) electrons. The number of fused-ring (bicyclic) bond motifs is 1. The van der Waals surface area contributed by atoms with Gasteiger partial charge in [-0.3, -0.25) is 9.13 Å². The van der Waals surface area contributed by atoms with Gasteiger partial charge >= 0.3 is 15.2 Å². The first kappa shape index (κ1) is 23.4. The molecule has 2 heterocycles. The summed E-state index contributed by atoms with van der Waals surface area (Å²) in [4.78, 5) is 12.2. The van der Waals surface area contributed by atoms with Gasteiger partial charge in [0.2, 0.25) is 0 Å². The molecule has 28 heavy (non-hydrogen) atoms. The van der Waals surface area contributed by atoms with Crippen LogP contribution < -0.4 is 0 Å². The average molecular weight is 455 g/mol. The van der Waals surface area contributed by atoms with E-state index in [1.807, 2.05) is 0 Å². The Bertz CT molecular complexity index is 829. The molecule has 0 atom stereocenters. The molecule has 0 fully saturated rings. The van der Waals surface area contributed by atoms with Gasteiger partial charge in [-0.15, -0.1) is 0 Å².